The summed E-state index contributed by atoms with van der Waals surface area (Å²) in [5, 5.41) is 14.1. The summed E-state index contributed by atoms with van der Waals surface area (Å²) in [5.41, 5.74) is 5.02. The predicted molar refractivity (Wildman–Crippen MR) is 103 cm³/mol. The number of aromatic amines is 1. The Bertz CT molecular complexity index is 865. The van der Waals surface area contributed by atoms with Gasteiger partial charge in [0, 0.05) is 24.7 Å². The van der Waals surface area contributed by atoms with Crippen LogP contribution in [0.3, 0.4) is 0 Å². The molecule has 0 fully saturated rings. The van der Waals surface area contributed by atoms with Crippen LogP contribution in [0.1, 0.15) is 29.0 Å². The van der Waals surface area contributed by atoms with Crippen molar-refractivity contribution in [1.82, 2.24) is 25.6 Å². The fourth-order valence-electron chi connectivity index (χ4n) is 3.07. The van der Waals surface area contributed by atoms with E-state index < -0.39 is 0 Å². The number of carbonyl (C=O) groups is 1. The van der Waals surface area contributed by atoms with Gasteiger partial charge in [-0.15, -0.1) is 0 Å². The lowest BCUT2D eigenvalue weighted by molar-refractivity contribution is 0.207. The van der Waals surface area contributed by atoms with Crippen molar-refractivity contribution in [2.45, 2.75) is 33.2 Å². The number of nitrogens with one attached hydrogen (secondary N) is 2. The van der Waals surface area contributed by atoms with Gasteiger partial charge in [-0.25, -0.2) is 4.79 Å². The standard InChI is InChI=1S/C20H25N5O2/c1-14-18(15(2)27-24-14)10-7-11-21-20(26)25(3)13-17-12-22-23-19(17)16-8-5-4-6-9-16/h4-6,8-9,12H,7,10-11,13H2,1-3H3,(H,21,26)(H,22,23). The van der Waals surface area contributed by atoms with Gasteiger partial charge in [0.1, 0.15) is 5.76 Å². The number of hydrogen-bond donors (Lipinski definition) is 2. The summed E-state index contributed by atoms with van der Waals surface area (Å²) in [7, 11) is 1.78. The molecule has 0 aliphatic carbocycles. The van der Waals surface area contributed by atoms with Crippen molar-refractivity contribution in [2.24, 2.45) is 0 Å². The maximum absolute atomic E-state index is 12.4. The van der Waals surface area contributed by atoms with E-state index in [1.807, 2.05) is 44.2 Å². The highest BCUT2D eigenvalue weighted by atomic mass is 16.5. The largest absolute Gasteiger partial charge is 0.361 e. The number of amides is 2. The van der Waals surface area contributed by atoms with Gasteiger partial charge < -0.3 is 14.7 Å². The predicted octanol–water partition coefficient (Wildman–Crippen LogP) is 3.46. The van der Waals surface area contributed by atoms with Crippen LogP contribution < -0.4 is 5.32 Å². The van der Waals surface area contributed by atoms with Crippen LogP contribution in [-0.4, -0.2) is 39.9 Å². The van der Waals surface area contributed by atoms with E-state index in [4.69, 9.17) is 4.52 Å². The van der Waals surface area contributed by atoms with Crippen molar-refractivity contribution in [3.8, 4) is 11.3 Å². The highest BCUT2D eigenvalue weighted by molar-refractivity contribution is 5.74. The molecule has 0 radical (unpaired) electrons. The summed E-state index contributed by atoms with van der Waals surface area (Å²) in [4.78, 5) is 14.0. The minimum Gasteiger partial charge on any atom is -0.361 e. The molecule has 3 aromatic rings. The van der Waals surface area contributed by atoms with Crippen LogP contribution in [0.2, 0.25) is 0 Å². The topological polar surface area (TPSA) is 87.1 Å². The smallest absolute Gasteiger partial charge is 0.317 e. The second-order valence-electron chi connectivity index (χ2n) is 6.63. The quantitative estimate of drug-likeness (QED) is 0.626. The molecular formula is C20H25N5O2. The molecular weight excluding hydrogens is 342 g/mol. The number of aromatic nitrogens is 3. The first-order chi connectivity index (χ1) is 13.1. The molecule has 0 saturated heterocycles. The molecule has 0 unspecified atom stereocenters. The molecule has 0 aliphatic rings. The number of carbonyl (C=O) groups excluding carboxylic acids is 1. The lowest BCUT2D eigenvalue weighted by Gasteiger charge is -2.18. The van der Waals surface area contributed by atoms with Gasteiger partial charge in [0.05, 0.1) is 24.1 Å². The van der Waals surface area contributed by atoms with Crippen LogP contribution >= 0.6 is 0 Å². The minimum atomic E-state index is -0.103. The minimum absolute atomic E-state index is 0.103. The van der Waals surface area contributed by atoms with E-state index in [-0.39, 0.29) is 6.03 Å². The third-order valence-electron chi connectivity index (χ3n) is 4.60. The number of urea groups is 1. The normalized spacial score (nSPS) is 10.8. The molecule has 2 amide bonds. The number of hydrogen-bond acceptors (Lipinski definition) is 4. The fraction of sp³-hybridized carbons (Fsp3) is 0.350. The van der Waals surface area contributed by atoms with E-state index in [0.29, 0.717) is 13.1 Å². The van der Waals surface area contributed by atoms with Crippen molar-refractivity contribution >= 4 is 6.03 Å². The molecule has 2 aromatic heterocycles. The SMILES string of the molecule is Cc1noc(C)c1CCCNC(=O)N(C)Cc1cn[nH]c1-c1ccccc1. The molecule has 0 spiro atoms. The molecule has 142 valence electrons. The Morgan fingerprint density at radius 3 is 2.74 bits per heavy atom. The number of nitrogens with zero attached hydrogens (tertiary/aromatic N) is 3. The van der Waals surface area contributed by atoms with Crippen LogP contribution in [0, 0.1) is 13.8 Å². The first kappa shape index (κ1) is 18.7. The van der Waals surface area contributed by atoms with Gasteiger partial charge in [0.25, 0.3) is 0 Å². The summed E-state index contributed by atoms with van der Waals surface area (Å²) < 4.78 is 5.16. The summed E-state index contributed by atoms with van der Waals surface area (Å²) in [6.07, 6.45) is 3.44. The summed E-state index contributed by atoms with van der Waals surface area (Å²) in [6.45, 7) is 4.94. The molecule has 0 atom stereocenters. The third-order valence-corrected chi connectivity index (χ3v) is 4.60. The maximum atomic E-state index is 12.4. The molecule has 1 aromatic carbocycles. The second-order valence-corrected chi connectivity index (χ2v) is 6.63. The van der Waals surface area contributed by atoms with Gasteiger partial charge in [0.15, 0.2) is 0 Å². The zero-order valence-corrected chi connectivity index (χ0v) is 16.0. The Hall–Kier alpha value is -3.09. The highest BCUT2D eigenvalue weighted by Gasteiger charge is 2.14. The Labute approximate surface area is 158 Å². The third kappa shape index (κ3) is 4.55. The van der Waals surface area contributed by atoms with E-state index in [9.17, 15) is 4.79 Å². The van der Waals surface area contributed by atoms with Gasteiger partial charge in [-0.2, -0.15) is 5.10 Å². The van der Waals surface area contributed by atoms with Gasteiger partial charge in [0.2, 0.25) is 0 Å². The Balaban J connectivity index is 1.49. The van der Waals surface area contributed by atoms with Gasteiger partial charge in [-0.1, -0.05) is 35.5 Å². The first-order valence-corrected chi connectivity index (χ1v) is 9.04. The summed E-state index contributed by atoms with van der Waals surface area (Å²) in [5.74, 6) is 0.851. The first-order valence-electron chi connectivity index (χ1n) is 9.04. The van der Waals surface area contributed by atoms with Crippen molar-refractivity contribution in [1.29, 1.82) is 0 Å². The average molecular weight is 367 g/mol. The molecule has 7 heteroatoms. The van der Waals surface area contributed by atoms with Crippen molar-refractivity contribution in [3.05, 3.63) is 59.1 Å². The molecule has 7 nitrogen and oxygen atoms in total. The van der Waals surface area contributed by atoms with Gasteiger partial charge >= 0.3 is 6.03 Å². The molecule has 27 heavy (non-hydrogen) atoms. The van der Waals surface area contributed by atoms with Crippen LogP contribution in [0.5, 0.6) is 0 Å². The summed E-state index contributed by atoms with van der Waals surface area (Å²) >= 11 is 0. The number of aryl methyl sites for hydroxylation is 2. The Kier molecular flexibility index (Phi) is 5.90. The van der Waals surface area contributed by atoms with Crippen molar-refractivity contribution in [3.63, 3.8) is 0 Å². The van der Waals surface area contributed by atoms with E-state index >= 15 is 0 Å². The van der Waals surface area contributed by atoms with Crippen molar-refractivity contribution in [2.75, 3.05) is 13.6 Å². The summed E-state index contributed by atoms with van der Waals surface area (Å²) in [6, 6.07) is 9.87. The van der Waals surface area contributed by atoms with Crippen LogP contribution in [0.25, 0.3) is 11.3 Å². The lowest BCUT2D eigenvalue weighted by Crippen LogP contribution is -2.37. The number of rotatable bonds is 7. The second kappa shape index (κ2) is 8.53. The van der Waals surface area contributed by atoms with Crippen LogP contribution in [0.4, 0.5) is 4.79 Å². The van der Waals surface area contributed by atoms with Gasteiger partial charge in [-0.3, -0.25) is 5.10 Å². The lowest BCUT2D eigenvalue weighted by atomic mass is 10.1. The van der Waals surface area contributed by atoms with Gasteiger partial charge in [-0.05, 0) is 32.3 Å². The molecule has 0 bridgehead atoms. The van der Waals surface area contributed by atoms with Crippen LogP contribution in [-0.2, 0) is 13.0 Å². The Morgan fingerprint density at radius 2 is 2.04 bits per heavy atom. The molecule has 3 rings (SSSR count). The zero-order valence-electron chi connectivity index (χ0n) is 16.0. The average Bonchev–Trinajstić information content (AvgIpc) is 3.26. The molecule has 2 N–H and O–H groups in total. The van der Waals surface area contributed by atoms with E-state index in [1.165, 1.54) is 0 Å². The van der Waals surface area contributed by atoms with E-state index in [2.05, 4.69) is 20.7 Å². The molecule has 0 saturated carbocycles. The van der Waals surface area contributed by atoms with Crippen LogP contribution in [0.15, 0.2) is 41.1 Å². The highest BCUT2D eigenvalue weighted by Crippen LogP contribution is 2.21. The number of benzene rings is 1. The van der Waals surface area contributed by atoms with E-state index in [1.54, 1.807) is 18.1 Å². The number of H-pyrrole nitrogens is 1. The zero-order chi connectivity index (χ0) is 19.2. The monoisotopic (exact) mass is 367 g/mol. The molecule has 0 aliphatic heterocycles. The maximum Gasteiger partial charge on any atom is 0.317 e. The van der Waals surface area contributed by atoms with Crippen molar-refractivity contribution < 1.29 is 9.32 Å². The van der Waals surface area contributed by atoms with E-state index in [0.717, 1.165) is 46.7 Å². The fourth-order valence-corrected chi connectivity index (χ4v) is 3.07. The molecule has 2 heterocycles. The Morgan fingerprint density at radius 1 is 1.26 bits per heavy atom.